The number of fused-ring (bicyclic) bond motifs is 3. The van der Waals surface area contributed by atoms with Gasteiger partial charge in [0.1, 0.15) is 4.84 Å². The van der Waals surface area contributed by atoms with Crippen molar-refractivity contribution in [1.82, 2.24) is 4.98 Å². The zero-order chi connectivity index (χ0) is 12.0. The van der Waals surface area contributed by atoms with E-state index in [1.54, 1.807) is 11.8 Å². The highest BCUT2D eigenvalue weighted by Gasteiger charge is 2.30. The van der Waals surface area contributed by atoms with E-state index < -0.39 is 0 Å². The van der Waals surface area contributed by atoms with Gasteiger partial charge in [0, 0.05) is 21.2 Å². The monoisotopic (exact) mass is 283 g/mol. The molecule has 88 valence electrons. The van der Waals surface area contributed by atoms with Gasteiger partial charge in [-0.05, 0) is 25.0 Å². The van der Waals surface area contributed by atoms with Crippen molar-refractivity contribution in [2.45, 2.75) is 28.3 Å². The predicted molar refractivity (Wildman–Crippen MR) is 75.3 cm³/mol. The summed E-state index contributed by atoms with van der Waals surface area (Å²) in [6.07, 6.45) is 0.918. The molecule has 0 radical (unpaired) electrons. The number of pyridine rings is 1. The Morgan fingerprint density at radius 3 is 2.88 bits per heavy atom. The Kier molecular flexibility index (Phi) is 2.97. The summed E-state index contributed by atoms with van der Waals surface area (Å²) in [5.74, 6) is 0. The second kappa shape index (κ2) is 4.34. The van der Waals surface area contributed by atoms with E-state index in [4.69, 9.17) is 23.2 Å². The second-order valence-electron chi connectivity index (χ2n) is 4.22. The van der Waals surface area contributed by atoms with E-state index in [0.717, 1.165) is 17.6 Å². The molecule has 4 heteroatoms. The van der Waals surface area contributed by atoms with E-state index in [-0.39, 0.29) is 10.1 Å². The molecule has 0 bridgehead atoms. The summed E-state index contributed by atoms with van der Waals surface area (Å²) < 4.78 is 0. The Hall–Kier alpha value is -0.440. The molecule has 1 aromatic heterocycles. The number of alkyl halides is 2. The lowest BCUT2D eigenvalue weighted by atomic mass is 10.1. The summed E-state index contributed by atoms with van der Waals surface area (Å²) in [6, 6.07) is 8.24. The van der Waals surface area contributed by atoms with Crippen LogP contribution in [0.25, 0.3) is 10.9 Å². The quantitative estimate of drug-likeness (QED) is 0.721. The van der Waals surface area contributed by atoms with Crippen molar-refractivity contribution >= 4 is 45.9 Å². The Bertz CT molecular complexity index is 583. The van der Waals surface area contributed by atoms with Crippen LogP contribution >= 0.6 is 35.0 Å². The molecular weight excluding hydrogens is 273 g/mol. The smallest absolute Gasteiger partial charge is 0.120 e. The largest absolute Gasteiger partial charge is 0.253 e. The maximum absolute atomic E-state index is 6.00. The van der Waals surface area contributed by atoms with Gasteiger partial charge >= 0.3 is 0 Å². The number of thioether (sulfide) groups is 1. The summed E-state index contributed by atoms with van der Waals surface area (Å²) in [5.41, 5.74) is 3.46. The van der Waals surface area contributed by atoms with Crippen LogP contribution in [0.15, 0.2) is 29.2 Å². The van der Waals surface area contributed by atoms with Crippen LogP contribution in [-0.2, 0) is 6.42 Å². The number of nitrogens with zero attached hydrogens (tertiary/aromatic N) is 1. The normalized spacial score (nSPS) is 18.9. The number of aryl methyl sites for hydroxylation is 1. The lowest BCUT2D eigenvalue weighted by Crippen LogP contribution is -2.10. The van der Waals surface area contributed by atoms with Gasteiger partial charge in [0.2, 0.25) is 0 Å². The third kappa shape index (κ3) is 1.92. The fourth-order valence-corrected chi connectivity index (χ4v) is 4.06. The van der Waals surface area contributed by atoms with Gasteiger partial charge in [-0.15, -0.1) is 35.0 Å². The minimum atomic E-state index is -0.328. The van der Waals surface area contributed by atoms with Gasteiger partial charge in [0.25, 0.3) is 0 Å². The van der Waals surface area contributed by atoms with Gasteiger partial charge in [-0.1, -0.05) is 18.2 Å². The van der Waals surface area contributed by atoms with E-state index in [2.05, 4.69) is 24.0 Å². The number of hydrogen-bond donors (Lipinski definition) is 0. The maximum Gasteiger partial charge on any atom is 0.120 e. The number of hydrogen-bond acceptors (Lipinski definition) is 2. The molecule has 17 heavy (non-hydrogen) atoms. The van der Waals surface area contributed by atoms with Gasteiger partial charge in [-0.3, -0.25) is 4.98 Å². The van der Waals surface area contributed by atoms with Crippen molar-refractivity contribution in [3.05, 3.63) is 35.5 Å². The fourth-order valence-electron chi connectivity index (χ4n) is 2.25. The molecule has 1 aliphatic heterocycles. The van der Waals surface area contributed by atoms with E-state index in [0.29, 0.717) is 0 Å². The number of benzene rings is 1. The molecule has 2 aromatic rings. The van der Waals surface area contributed by atoms with Gasteiger partial charge in [-0.25, -0.2) is 0 Å². The Labute approximate surface area is 115 Å². The van der Waals surface area contributed by atoms with Crippen molar-refractivity contribution in [3.8, 4) is 0 Å². The minimum Gasteiger partial charge on any atom is -0.253 e. The van der Waals surface area contributed by atoms with Crippen LogP contribution in [-0.4, -0.2) is 15.1 Å². The van der Waals surface area contributed by atoms with E-state index in [1.165, 1.54) is 15.8 Å². The molecule has 0 unspecified atom stereocenters. The Morgan fingerprint density at radius 1 is 1.35 bits per heavy atom. The van der Waals surface area contributed by atoms with E-state index >= 15 is 0 Å². The number of halogens is 2. The van der Waals surface area contributed by atoms with E-state index in [9.17, 15) is 0 Å². The SMILES string of the molecule is Cc1nc2ccccc2c2c1C[C@H](C(Cl)Cl)S2. The molecule has 0 N–H and O–H groups in total. The van der Waals surface area contributed by atoms with Crippen LogP contribution in [0.4, 0.5) is 0 Å². The first-order valence-corrected chi connectivity index (χ1v) is 7.25. The molecule has 0 amide bonds. The zero-order valence-electron chi connectivity index (χ0n) is 9.28. The van der Waals surface area contributed by atoms with Gasteiger partial charge in [-0.2, -0.15) is 0 Å². The second-order valence-corrected chi connectivity index (χ2v) is 6.63. The lowest BCUT2D eigenvalue weighted by molar-refractivity contribution is 0.912. The highest BCUT2D eigenvalue weighted by atomic mass is 35.5. The lowest BCUT2D eigenvalue weighted by Gasteiger charge is -2.07. The van der Waals surface area contributed by atoms with Crippen LogP contribution in [0.3, 0.4) is 0 Å². The summed E-state index contributed by atoms with van der Waals surface area (Å²) in [7, 11) is 0. The average Bonchev–Trinajstić information content (AvgIpc) is 2.75. The van der Waals surface area contributed by atoms with E-state index in [1.807, 2.05) is 12.1 Å². The van der Waals surface area contributed by atoms with Crippen molar-refractivity contribution in [1.29, 1.82) is 0 Å². The molecule has 1 atom stereocenters. The molecule has 0 saturated heterocycles. The highest BCUT2D eigenvalue weighted by molar-refractivity contribution is 8.00. The third-order valence-corrected chi connectivity index (χ3v) is 5.45. The predicted octanol–water partition coefficient (Wildman–Crippen LogP) is 4.36. The van der Waals surface area contributed by atoms with Crippen LogP contribution in [0, 0.1) is 6.92 Å². The maximum atomic E-state index is 6.00. The van der Waals surface area contributed by atoms with Crippen LogP contribution in [0.2, 0.25) is 0 Å². The molecule has 0 fully saturated rings. The van der Waals surface area contributed by atoms with Crippen LogP contribution < -0.4 is 0 Å². The highest BCUT2D eigenvalue weighted by Crippen LogP contribution is 2.45. The molecule has 1 aliphatic rings. The van der Waals surface area contributed by atoms with Crippen molar-refractivity contribution in [2.75, 3.05) is 0 Å². The molecule has 1 nitrogen and oxygen atoms in total. The molecule has 0 saturated carbocycles. The standard InChI is InChI=1S/C13H11Cl2NS/c1-7-9-6-11(13(14)15)17-12(9)8-4-2-3-5-10(8)16-7/h2-5,11,13H,6H2,1H3/t11-/m1/s1. The van der Waals surface area contributed by atoms with Crippen molar-refractivity contribution in [3.63, 3.8) is 0 Å². The van der Waals surface area contributed by atoms with Gasteiger partial charge < -0.3 is 0 Å². The zero-order valence-corrected chi connectivity index (χ0v) is 11.6. The van der Waals surface area contributed by atoms with Crippen LogP contribution in [0.1, 0.15) is 11.3 Å². The first-order valence-electron chi connectivity index (χ1n) is 5.50. The van der Waals surface area contributed by atoms with Gasteiger partial charge in [0.05, 0.1) is 5.52 Å². The Morgan fingerprint density at radius 2 is 2.12 bits per heavy atom. The van der Waals surface area contributed by atoms with Crippen molar-refractivity contribution < 1.29 is 0 Å². The molecule has 0 aliphatic carbocycles. The topological polar surface area (TPSA) is 12.9 Å². The van der Waals surface area contributed by atoms with Gasteiger partial charge in [0.15, 0.2) is 0 Å². The molecule has 2 heterocycles. The molecule has 3 rings (SSSR count). The Balaban J connectivity index is 2.20. The first-order chi connectivity index (χ1) is 8.16. The molecular formula is C13H11Cl2NS. The fraction of sp³-hybridized carbons (Fsp3) is 0.308. The van der Waals surface area contributed by atoms with Crippen molar-refractivity contribution in [2.24, 2.45) is 0 Å². The third-order valence-electron chi connectivity index (χ3n) is 3.10. The summed E-state index contributed by atoms with van der Waals surface area (Å²) in [4.78, 5) is 5.62. The minimum absolute atomic E-state index is 0.250. The summed E-state index contributed by atoms with van der Waals surface area (Å²) in [6.45, 7) is 2.06. The number of rotatable bonds is 1. The molecule has 0 spiro atoms. The molecule has 1 aromatic carbocycles. The number of aromatic nitrogens is 1. The first kappa shape index (κ1) is 11.6. The summed E-state index contributed by atoms with van der Waals surface area (Å²) >= 11 is 13.8. The number of para-hydroxylation sites is 1. The summed E-state index contributed by atoms with van der Waals surface area (Å²) in [5, 5.41) is 1.47. The average molecular weight is 284 g/mol. The van der Waals surface area contributed by atoms with Crippen LogP contribution in [0.5, 0.6) is 0 Å².